The summed E-state index contributed by atoms with van der Waals surface area (Å²) in [6.45, 7) is 2.62. The van der Waals surface area contributed by atoms with Crippen molar-refractivity contribution in [1.82, 2.24) is 15.1 Å². The van der Waals surface area contributed by atoms with Crippen LogP contribution in [0.3, 0.4) is 0 Å². The lowest BCUT2D eigenvalue weighted by Gasteiger charge is -2.25. The van der Waals surface area contributed by atoms with E-state index < -0.39 is 17.5 Å². The smallest absolute Gasteiger partial charge is 0.325 e. The number of ether oxygens (including phenoxy) is 2. The van der Waals surface area contributed by atoms with Gasteiger partial charge >= 0.3 is 6.03 Å². The zero-order valence-electron chi connectivity index (χ0n) is 16.1. The van der Waals surface area contributed by atoms with Crippen LogP contribution in [0.2, 0.25) is 0 Å². The van der Waals surface area contributed by atoms with Crippen LogP contribution < -0.4 is 14.8 Å². The van der Waals surface area contributed by atoms with Crippen LogP contribution >= 0.6 is 11.3 Å². The van der Waals surface area contributed by atoms with Crippen LogP contribution in [0.4, 0.5) is 4.79 Å². The van der Waals surface area contributed by atoms with Gasteiger partial charge in [-0.15, -0.1) is 0 Å². The molecule has 3 heterocycles. The number of hydrogen-bond acceptors (Lipinski definition) is 6. The van der Waals surface area contributed by atoms with Crippen molar-refractivity contribution in [2.45, 2.75) is 19.0 Å². The number of nitrogens with one attached hydrogen (secondary N) is 1. The molecule has 29 heavy (non-hydrogen) atoms. The second kappa shape index (κ2) is 7.40. The van der Waals surface area contributed by atoms with Crippen LogP contribution in [-0.2, 0) is 21.7 Å². The van der Waals surface area contributed by atoms with E-state index in [9.17, 15) is 14.4 Å². The first-order chi connectivity index (χ1) is 13.9. The van der Waals surface area contributed by atoms with Crippen molar-refractivity contribution in [3.05, 3.63) is 46.2 Å². The standard InChI is InChI=1S/C20H21N3O5S/c1-20(14-3-4-15-16(9-14)28-7-6-27-15)18(25)23(19(26)21-20)11-17(24)22(2)10-13-5-8-29-12-13/h3-5,8-9,12H,6-7,10-11H2,1-2H3,(H,21,26). The Morgan fingerprint density at radius 2 is 2.00 bits per heavy atom. The third-order valence-corrected chi connectivity index (χ3v) is 5.85. The average Bonchev–Trinajstić information content (AvgIpc) is 3.30. The van der Waals surface area contributed by atoms with Gasteiger partial charge in [-0.2, -0.15) is 11.3 Å². The molecule has 1 atom stereocenters. The van der Waals surface area contributed by atoms with Crippen LogP contribution in [0, 0.1) is 0 Å². The molecular formula is C20H21N3O5S. The molecule has 0 radical (unpaired) electrons. The molecule has 9 heteroatoms. The molecule has 4 amide bonds. The summed E-state index contributed by atoms with van der Waals surface area (Å²) < 4.78 is 11.1. The molecule has 1 unspecified atom stereocenters. The zero-order chi connectivity index (χ0) is 20.6. The first kappa shape index (κ1) is 19.3. The monoisotopic (exact) mass is 415 g/mol. The maximum atomic E-state index is 13.1. The number of carbonyl (C=O) groups excluding carboxylic acids is 3. The Bertz CT molecular complexity index is 961. The summed E-state index contributed by atoms with van der Waals surface area (Å²) in [5.74, 6) is 0.340. The van der Waals surface area contributed by atoms with E-state index in [-0.39, 0.29) is 12.5 Å². The molecule has 0 saturated carbocycles. The second-order valence-electron chi connectivity index (χ2n) is 7.19. The van der Waals surface area contributed by atoms with E-state index in [0.717, 1.165) is 10.5 Å². The van der Waals surface area contributed by atoms with Gasteiger partial charge in [-0.05, 0) is 47.0 Å². The zero-order valence-corrected chi connectivity index (χ0v) is 17.0. The van der Waals surface area contributed by atoms with Gasteiger partial charge < -0.3 is 19.7 Å². The van der Waals surface area contributed by atoms with Gasteiger partial charge in [0.15, 0.2) is 11.5 Å². The van der Waals surface area contributed by atoms with Gasteiger partial charge in [-0.3, -0.25) is 14.5 Å². The third-order valence-electron chi connectivity index (χ3n) is 5.11. The SMILES string of the molecule is CN(Cc1ccsc1)C(=O)CN1C(=O)NC(C)(c2ccc3c(c2)OCCO3)C1=O. The highest BCUT2D eigenvalue weighted by molar-refractivity contribution is 7.07. The fourth-order valence-electron chi connectivity index (χ4n) is 3.39. The van der Waals surface area contributed by atoms with Gasteiger partial charge in [0.25, 0.3) is 5.91 Å². The van der Waals surface area contributed by atoms with Gasteiger partial charge in [0, 0.05) is 13.6 Å². The molecule has 2 aliphatic rings. The summed E-state index contributed by atoms with van der Waals surface area (Å²) >= 11 is 1.55. The van der Waals surface area contributed by atoms with E-state index in [1.54, 1.807) is 43.5 Å². The first-order valence-corrected chi connectivity index (χ1v) is 10.1. The molecule has 152 valence electrons. The Kier molecular flexibility index (Phi) is 4.91. The van der Waals surface area contributed by atoms with Crippen molar-refractivity contribution in [3.8, 4) is 11.5 Å². The Morgan fingerprint density at radius 1 is 1.24 bits per heavy atom. The Hall–Kier alpha value is -3.07. The number of likely N-dealkylation sites (N-methyl/N-ethyl adjacent to an activating group) is 1. The van der Waals surface area contributed by atoms with Crippen LogP contribution in [0.15, 0.2) is 35.0 Å². The van der Waals surface area contributed by atoms with Gasteiger partial charge in [-0.25, -0.2) is 4.79 Å². The molecule has 0 spiro atoms. The number of rotatable bonds is 5. The molecule has 1 aromatic heterocycles. The van der Waals surface area contributed by atoms with Crippen LogP contribution in [0.5, 0.6) is 11.5 Å². The van der Waals surface area contributed by atoms with Crippen LogP contribution in [0.1, 0.15) is 18.1 Å². The number of carbonyl (C=O) groups is 3. The molecule has 1 saturated heterocycles. The van der Waals surface area contributed by atoms with Crippen molar-refractivity contribution in [1.29, 1.82) is 0 Å². The second-order valence-corrected chi connectivity index (χ2v) is 7.97. The summed E-state index contributed by atoms with van der Waals surface area (Å²) in [4.78, 5) is 40.6. The fraction of sp³-hybridized carbons (Fsp3) is 0.350. The van der Waals surface area contributed by atoms with Crippen molar-refractivity contribution in [2.75, 3.05) is 26.8 Å². The van der Waals surface area contributed by atoms with E-state index in [2.05, 4.69) is 5.32 Å². The Labute approximate surface area is 172 Å². The van der Waals surface area contributed by atoms with Crippen molar-refractivity contribution >= 4 is 29.2 Å². The van der Waals surface area contributed by atoms with E-state index >= 15 is 0 Å². The Morgan fingerprint density at radius 3 is 2.72 bits per heavy atom. The minimum absolute atomic E-state index is 0.314. The van der Waals surface area contributed by atoms with E-state index in [0.29, 0.717) is 36.8 Å². The summed E-state index contributed by atoms with van der Waals surface area (Å²) in [6.07, 6.45) is 0. The molecule has 2 aromatic rings. The van der Waals surface area contributed by atoms with Crippen molar-refractivity contribution in [2.24, 2.45) is 0 Å². The van der Waals surface area contributed by atoms with Gasteiger partial charge in [0.1, 0.15) is 25.3 Å². The molecule has 4 rings (SSSR count). The predicted octanol–water partition coefficient (Wildman–Crippen LogP) is 1.94. The van der Waals surface area contributed by atoms with E-state index in [4.69, 9.17) is 9.47 Å². The summed E-state index contributed by atoms with van der Waals surface area (Å²) in [5, 5.41) is 6.60. The van der Waals surface area contributed by atoms with Gasteiger partial charge in [0.2, 0.25) is 5.91 Å². The highest BCUT2D eigenvalue weighted by atomic mass is 32.1. The van der Waals surface area contributed by atoms with Crippen molar-refractivity contribution in [3.63, 3.8) is 0 Å². The quantitative estimate of drug-likeness (QED) is 0.754. The third kappa shape index (κ3) is 3.53. The fourth-order valence-corrected chi connectivity index (χ4v) is 4.05. The van der Waals surface area contributed by atoms with Crippen LogP contribution in [-0.4, -0.2) is 54.5 Å². The minimum atomic E-state index is -1.28. The van der Waals surface area contributed by atoms with Gasteiger partial charge in [0.05, 0.1) is 0 Å². The molecule has 1 N–H and O–H groups in total. The maximum Gasteiger partial charge on any atom is 0.325 e. The largest absolute Gasteiger partial charge is 0.486 e. The number of nitrogens with zero attached hydrogens (tertiary/aromatic N) is 2. The number of fused-ring (bicyclic) bond motifs is 1. The van der Waals surface area contributed by atoms with Crippen molar-refractivity contribution < 1.29 is 23.9 Å². The number of benzene rings is 1. The normalized spacial score (nSPS) is 20.6. The van der Waals surface area contributed by atoms with E-state index in [1.807, 2.05) is 16.8 Å². The molecule has 1 aromatic carbocycles. The van der Waals surface area contributed by atoms with E-state index in [1.165, 1.54) is 4.90 Å². The summed E-state index contributed by atoms with van der Waals surface area (Å²) in [7, 11) is 1.65. The lowest BCUT2D eigenvalue weighted by Crippen LogP contribution is -2.43. The summed E-state index contributed by atoms with van der Waals surface area (Å²) in [5.41, 5.74) is 0.296. The number of imide groups is 1. The first-order valence-electron chi connectivity index (χ1n) is 9.18. The molecule has 8 nitrogen and oxygen atoms in total. The average molecular weight is 415 g/mol. The topological polar surface area (TPSA) is 88.2 Å². The molecule has 0 aliphatic carbocycles. The maximum absolute atomic E-state index is 13.1. The Balaban J connectivity index is 1.50. The molecule has 2 aliphatic heterocycles. The lowest BCUT2D eigenvalue weighted by atomic mass is 9.91. The molecule has 1 fully saturated rings. The number of thiophene rings is 1. The predicted molar refractivity (Wildman–Crippen MR) is 106 cm³/mol. The highest BCUT2D eigenvalue weighted by Gasteiger charge is 2.50. The summed E-state index contributed by atoms with van der Waals surface area (Å²) in [6, 6.07) is 6.48. The number of amides is 4. The van der Waals surface area contributed by atoms with Gasteiger partial charge in [-0.1, -0.05) is 6.07 Å². The molecule has 0 bridgehead atoms. The lowest BCUT2D eigenvalue weighted by molar-refractivity contribution is -0.138. The highest BCUT2D eigenvalue weighted by Crippen LogP contribution is 2.36. The number of urea groups is 1. The minimum Gasteiger partial charge on any atom is -0.486 e. The molecular weight excluding hydrogens is 394 g/mol. The number of hydrogen-bond donors (Lipinski definition) is 1. The van der Waals surface area contributed by atoms with Crippen LogP contribution in [0.25, 0.3) is 0 Å².